The van der Waals surface area contributed by atoms with Gasteiger partial charge in [-0.1, -0.05) is 12.1 Å². The summed E-state index contributed by atoms with van der Waals surface area (Å²) in [5.74, 6) is 1.52. The maximum atomic E-state index is 5.40. The summed E-state index contributed by atoms with van der Waals surface area (Å²) in [5.41, 5.74) is 0. The van der Waals surface area contributed by atoms with Gasteiger partial charge >= 0.3 is 0 Å². The molecule has 1 heterocycles. The molecule has 2 rings (SSSR count). The minimum Gasteiger partial charge on any atom is -0.486 e. The zero-order valence-electron chi connectivity index (χ0n) is 6.93. The summed E-state index contributed by atoms with van der Waals surface area (Å²) in [6.45, 7) is 0.407. The van der Waals surface area contributed by atoms with Crippen molar-refractivity contribution in [3.63, 3.8) is 0 Å². The zero-order chi connectivity index (χ0) is 8.93. The second kappa shape index (κ2) is 3.76. The molecule has 0 aliphatic heterocycles. The van der Waals surface area contributed by atoms with Crippen LogP contribution in [0.1, 0.15) is 5.76 Å². The van der Waals surface area contributed by atoms with Crippen LogP contribution in [-0.4, -0.2) is 4.98 Å². The summed E-state index contributed by atoms with van der Waals surface area (Å²) in [4.78, 5) is 3.78. The molecule has 0 amide bonds. The van der Waals surface area contributed by atoms with Gasteiger partial charge in [0.05, 0.1) is 6.20 Å². The second-order valence-corrected chi connectivity index (χ2v) is 2.49. The third-order valence-electron chi connectivity index (χ3n) is 1.55. The molecule has 0 N–H and O–H groups in total. The summed E-state index contributed by atoms with van der Waals surface area (Å²) >= 11 is 0. The van der Waals surface area contributed by atoms with Gasteiger partial charge in [-0.05, 0) is 18.2 Å². The number of oxazole rings is 1. The van der Waals surface area contributed by atoms with Crippen LogP contribution in [0.4, 0.5) is 0 Å². The molecule has 1 radical (unpaired) electrons. The van der Waals surface area contributed by atoms with E-state index in [0.29, 0.717) is 12.4 Å². The molecule has 0 aliphatic rings. The predicted octanol–water partition coefficient (Wildman–Crippen LogP) is 2.05. The molecule has 0 spiro atoms. The number of hydrogen-bond donors (Lipinski definition) is 0. The molecule has 0 fully saturated rings. The van der Waals surface area contributed by atoms with E-state index in [1.54, 1.807) is 18.3 Å². The lowest BCUT2D eigenvalue weighted by molar-refractivity contribution is 0.270. The summed E-state index contributed by atoms with van der Waals surface area (Å²) in [6, 6.07) is 10.2. The van der Waals surface area contributed by atoms with Gasteiger partial charge in [-0.3, -0.25) is 0 Å². The van der Waals surface area contributed by atoms with E-state index in [-0.39, 0.29) is 0 Å². The number of nitrogens with zero attached hydrogens (tertiary/aromatic N) is 1. The first kappa shape index (κ1) is 7.86. The van der Waals surface area contributed by atoms with Crippen LogP contribution in [0.3, 0.4) is 0 Å². The first-order valence-corrected chi connectivity index (χ1v) is 3.91. The molecule has 0 aliphatic carbocycles. The maximum absolute atomic E-state index is 5.40. The van der Waals surface area contributed by atoms with Gasteiger partial charge in [0.15, 0.2) is 12.2 Å². The van der Waals surface area contributed by atoms with E-state index >= 15 is 0 Å². The third-order valence-corrected chi connectivity index (χ3v) is 1.55. The Hall–Kier alpha value is -1.77. The lowest BCUT2D eigenvalue weighted by atomic mass is 10.3. The Kier molecular flexibility index (Phi) is 2.27. The van der Waals surface area contributed by atoms with Gasteiger partial charge in [0.25, 0.3) is 0 Å². The van der Waals surface area contributed by atoms with Crippen molar-refractivity contribution in [3.8, 4) is 5.75 Å². The molecule has 13 heavy (non-hydrogen) atoms. The Labute approximate surface area is 76.0 Å². The minimum absolute atomic E-state index is 0.407. The fraction of sp³-hybridized carbons (Fsp3) is 0.100. The van der Waals surface area contributed by atoms with Crippen LogP contribution < -0.4 is 4.74 Å². The summed E-state index contributed by atoms with van der Waals surface area (Å²) in [5, 5.41) is 0. The Morgan fingerprint density at radius 3 is 2.92 bits per heavy atom. The van der Waals surface area contributed by atoms with E-state index in [1.165, 1.54) is 6.39 Å². The van der Waals surface area contributed by atoms with Crippen LogP contribution in [0.5, 0.6) is 5.75 Å². The highest BCUT2D eigenvalue weighted by Crippen LogP contribution is 2.10. The molecule has 0 unspecified atom stereocenters. The smallest absolute Gasteiger partial charge is 0.181 e. The molecule has 2 aromatic rings. The van der Waals surface area contributed by atoms with Gasteiger partial charge < -0.3 is 9.15 Å². The van der Waals surface area contributed by atoms with Gasteiger partial charge in [-0.2, -0.15) is 0 Å². The number of hydrogen-bond acceptors (Lipinski definition) is 3. The van der Waals surface area contributed by atoms with Crippen molar-refractivity contribution in [2.45, 2.75) is 6.61 Å². The SMILES string of the molecule is [c]1ccc(OCc2cnco2)cc1. The average Bonchev–Trinajstić information content (AvgIpc) is 2.69. The van der Waals surface area contributed by atoms with Crippen LogP contribution in [0.15, 0.2) is 41.3 Å². The largest absolute Gasteiger partial charge is 0.486 e. The third kappa shape index (κ3) is 2.08. The van der Waals surface area contributed by atoms with Crippen molar-refractivity contribution in [2.75, 3.05) is 0 Å². The number of ether oxygens (including phenoxy) is 1. The zero-order valence-corrected chi connectivity index (χ0v) is 6.93. The first-order chi connectivity index (χ1) is 6.45. The summed E-state index contributed by atoms with van der Waals surface area (Å²) in [6.07, 6.45) is 3.02. The Morgan fingerprint density at radius 1 is 1.38 bits per heavy atom. The normalized spacial score (nSPS) is 9.85. The number of aromatic nitrogens is 1. The fourth-order valence-corrected chi connectivity index (χ4v) is 0.936. The van der Waals surface area contributed by atoms with Gasteiger partial charge in [0.2, 0.25) is 0 Å². The molecule has 3 heteroatoms. The van der Waals surface area contributed by atoms with Crippen molar-refractivity contribution < 1.29 is 9.15 Å². The monoisotopic (exact) mass is 174 g/mol. The van der Waals surface area contributed by atoms with E-state index in [4.69, 9.17) is 9.15 Å². The highest BCUT2D eigenvalue weighted by Gasteiger charge is 1.96. The van der Waals surface area contributed by atoms with Crippen molar-refractivity contribution >= 4 is 0 Å². The second-order valence-electron chi connectivity index (χ2n) is 2.49. The van der Waals surface area contributed by atoms with E-state index in [2.05, 4.69) is 11.1 Å². The van der Waals surface area contributed by atoms with Crippen molar-refractivity contribution in [2.24, 2.45) is 0 Å². The highest BCUT2D eigenvalue weighted by molar-refractivity contribution is 5.20. The topological polar surface area (TPSA) is 35.3 Å². The van der Waals surface area contributed by atoms with Gasteiger partial charge in [-0.15, -0.1) is 0 Å². The molecular weight excluding hydrogens is 166 g/mol. The first-order valence-electron chi connectivity index (χ1n) is 3.91. The number of rotatable bonds is 3. The molecule has 0 saturated carbocycles. The van der Waals surface area contributed by atoms with Crippen LogP contribution in [-0.2, 0) is 6.61 Å². The van der Waals surface area contributed by atoms with Crippen LogP contribution in [0, 0.1) is 6.07 Å². The van der Waals surface area contributed by atoms with Gasteiger partial charge in [-0.25, -0.2) is 4.98 Å². The number of benzene rings is 1. The Bertz CT molecular complexity index is 342. The van der Waals surface area contributed by atoms with Crippen LogP contribution in [0.2, 0.25) is 0 Å². The van der Waals surface area contributed by atoms with E-state index in [1.807, 2.05) is 12.1 Å². The van der Waals surface area contributed by atoms with Crippen LogP contribution >= 0.6 is 0 Å². The lowest BCUT2D eigenvalue weighted by Crippen LogP contribution is -1.92. The summed E-state index contributed by atoms with van der Waals surface area (Å²) in [7, 11) is 0. The van der Waals surface area contributed by atoms with E-state index in [0.717, 1.165) is 5.75 Å². The molecule has 0 atom stereocenters. The maximum Gasteiger partial charge on any atom is 0.181 e. The standard InChI is InChI=1S/C10H8NO2/c1-2-4-9(5-3-1)12-7-10-6-11-8-13-10/h2-6,8H,7H2. The van der Waals surface area contributed by atoms with Gasteiger partial charge in [0.1, 0.15) is 12.4 Å². The molecule has 65 valence electrons. The molecule has 1 aromatic carbocycles. The fourth-order valence-electron chi connectivity index (χ4n) is 0.936. The van der Waals surface area contributed by atoms with Crippen molar-refractivity contribution in [1.29, 1.82) is 0 Å². The molecule has 1 aromatic heterocycles. The van der Waals surface area contributed by atoms with E-state index in [9.17, 15) is 0 Å². The van der Waals surface area contributed by atoms with Crippen molar-refractivity contribution in [3.05, 3.63) is 48.7 Å². The minimum atomic E-state index is 0.407. The summed E-state index contributed by atoms with van der Waals surface area (Å²) < 4.78 is 10.4. The lowest BCUT2D eigenvalue weighted by Gasteiger charge is -2.01. The molecule has 3 nitrogen and oxygen atoms in total. The molecule has 0 saturated heterocycles. The molecular formula is C10H8NO2. The average molecular weight is 174 g/mol. The van der Waals surface area contributed by atoms with Gasteiger partial charge in [0, 0.05) is 0 Å². The quantitative estimate of drug-likeness (QED) is 0.714. The Morgan fingerprint density at radius 2 is 2.23 bits per heavy atom. The predicted molar refractivity (Wildman–Crippen MR) is 46.1 cm³/mol. The van der Waals surface area contributed by atoms with E-state index < -0.39 is 0 Å². The van der Waals surface area contributed by atoms with Crippen molar-refractivity contribution in [1.82, 2.24) is 4.98 Å². The van der Waals surface area contributed by atoms with Crippen LogP contribution in [0.25, 0.3) is 0 Å². The molecule has 0 bridgehead atoms. The highest BCUT2D eigenvalue weighted by atomic mass is 16.5. The Balaban J connectivity index is 1.94.